The third kappa shape index (κ3) is 3.30. The quantitative estimate of drug-likeness (QED) is 0.433. The number of nitrogens with zero attached hydrogens (tertiary/aromatic N) is 1. The first-order valence-corrected chi connectivity index (χ1v) is 4.76. The molecule has 0 bridgehead atoms. The summed E-state index contributed by atoms with van der Waals surface area (Å²) in [6.45, 7) is 5.66. The molecule has 3 heteroatoms. The number of hydrogen-bond donors (Lipinski definition) is 0. The van der Waals surface area contributed by atoms with E-state index in [1.54, 1.807) is 12.1 Å². The zero-order valence-corrected chi connectivity index (χ0v) is 8.84. The van der Waals surface area contributed by atoms with Crippen LogP contribution in [0.2, 0.25) is 5.15 Å². The average Bonchev–Trinajstić information content (AvgIpc) is 2.14. The van der Waals surface area contributed by atoms with E-state index in [-0.39, 0.29) is 5.78 Å². The summed E-state index contributed by atoms with van der Waals surface area (Å²) in [6.07, 6.45) is 2.74. The number of carbonyl (C=O) groups excluding carboxylic acids is 1. The highest BCUT2D eigenvalue weighted by atomic mass is 35.5. The first kappa shape index (κ1) is 10.9. The SMILES string of the molecule is C=C(C)CCC(=O)c1ccnc(Cl)c1. The minimum absolute atomic E-state index is 0.0808. The molecule has 0 saturated heterocycles. The van der Waals surface area contributed by atoms with Crippen molar-refractivity contribution in [2.45, 2.75) is 19.8 Å². The van der Waals surface area contributed by atoms with Gasteiger partial charge in [-0.25, -0.2) is 4.98 Å². The lowest BCUT2D eigenvalue weighted by atomic mass is 10.1. The standard InChI is InChI=1S/C11H12ClNO/c1-8(2)3-4-10(14)9-5-6-13-11(12)7-9/h5-7H,1,3-4H2,2H3. The van der Waals surface area contributed by atoms with Gasteiger partial charge in [-0.1, -0.05) is 17.2 Å². The number of Topliss-reactive ketones (excluding diaryl/α,β-unsaturated/α-hetero) is 1. The van der Waals surface area contributed by atoms with Crippen LogP contribution in [-0.2, 0) is 0 Å². The first-order chi connectivity index (χ1) is 6.59. The number of ketones is 1. The van der Waals surface area contributed by atoms with Gasteiger partial charge in [-0.15, -0.1) is 6.58 Å². The van der Waals surface area contributed by atoms with Gasteiger partial charge in [-0.3, -0.25) is 4.79 Å². The second-order valence-electron chi connectivity index (χ2n) is 3.25. The zero-order chi connectivity index (χ0) is 10.6. The first-order valence-electron chi connectivity index (χ1n) is 4.38. The van der Waals surface area contributed by atoms with Crippen molar-refractivity contribution in [2.75, 3.05) is 0 Å². The van der Waals surface area contributed by atoms with Crippen molar-refractivity contribution in [3.8, 4) is 0 Å². The van der Waals surface area contributed by atoms with Crippen LogP contribution >= 0.6 is 11.6 Å². The third-order valence-electron chi connectivity index (χ3n) is 1.83. The van der Waals surface area contributed by atoms with Crippen LogP contribution in [0.3, 0.4) is 0 Å². The lowest BCUT2D eigenvalue weighted by Crippen LogP contribution is -1.99. The van der Waals surface area contributed by atoms with Gasteiger partial charge >= 0.3 is 0 Å². The van der Waals surface area contributed by atoms with E-state index >= 15 is 0 Å². The normalized spacial score (nSPS) is 9.86. The van der Waals surface area contributed by atoms with Gasteiger partial charge < -0.3 is 0 Å². The number of hydrogen-bond acceptors (Lipinski definition) is 2. The van der Waals surface area contributed by atoms with Crippen molar-refractivity contribution in [1.82, 2.24) is 4.98 Å². The molecule has 14 heavy (non-hydrogen) atoms. The lowest BCUT2D eigenvalue weighted by Gasteiger charge is -2.00. The van der Waals surface area contributed by atoms with E-state index in [0.717, 1.165) is 12.0 Å². The summed E-state index contributed by atoms with van der Waals surface area (Å²) >= 11 is 5.67. The van der Waals surface area contributed by atoms with Crippen LogP contribution in [0.25, 0.3) is 0 Å². The highest BCUT2D eigenvalue weighted by molar-refractivity contribution is 6.29. The Morgan fingerprint density at radius 1 is 1.57 bits per heavy atom. The second kappa shape index (κ2) is 4.91. The van der Waals surface area contributed by atoms with Gasteiger partial charge in [0.25, 0.3) is 0 Å². The van der Waals surface area contributed by atoms with Crippen LogP contribution in [0.1, 0.15) is 30.1 Å². The van der Waals surface area contributed by atoms with E-state index in [9.17, 15) is 4.79 Å². The van der Waals surface area contributed by atoms with Crippen molar-refractivity contribution < 1.29 is 4.79 Å². The van der Waals surface area contributed by atoms with Crippen molar-refractivity contribution in [2.24, 2.45) is 0 Å². The Labute approximate surface area is 88.6 Å². The highest BCUT2D eigenvalue weighted by Gasteiger charge is 2.05. The van der Waals surface area contributed by atoms with E-state index in [1.165, 1.54) is 6.20 Å². The fraction of sp³-hybridized carbons (Fsp3) is 0.273. The molecular weight excluding hydrogens is 198 g/mol. The number of halogens is 1. The van der Waals surface area contributed by atoms with Gasteiger partial charge in [0.05, 0.1) is 0 Å². The predicted octanol–water partition coefficient (Wildman–Crippen LogP) is 3.27. The maximum Gasteiger partial charge on any atom is 0.163 e. The van der Waals surface area contributed by atoms with Crippen molar-refractivity contribution >= 4 is 17.4 Å². The molecule has 0 fully saturated rings. The summed E-state index contributed by atoms with van der Waals surface area (Å²) in [5.41, 5.74) is 1.63. The zero-order valence-electron chi connectivity index (χ0n) is 8.09. The summed E-state index contributed by atoms with van der Waals surface area (Å²) in [7, 11) is 0. The topological polar surface area (TPSA) is 30.0 Å². The van der Waals surface area contributed by atoms with E-state index < -0.39 is 0 Å². The fourth-order valence-electron chi connectivity index (χ4n) is 1.05. The number of pyridine rings is 1. The molecule has 1 heterocycles. The summed E-state index contributed by atoms with van der Waals surface area (Å²) < 4.78 is 0. The van der Waals surface area contributed by atoms with E-state index in [1.807, 2.05) is 6.92 Å². The van der Waals surface area contributed by atoms with Gasteiger partial charge in [0.2, 0.25) is 0 Å². The number of carbonyl (C=O) groups is 1. The van der Waals surface area contributed by atoms with Crippen LogP contribution in [0.15, 0.2) is 30.5 Å². The average molecular weight is 210 g/mol. The third-order valence-corrected chi connectivity index (χ3v) is 2.03. The molecule has 1 aromatic rings. The Bertz CT molecular complexity index is 360. The Kier molecular flexibility index (Phi) is 3.84. The van der Waals surface area contributed by atoms with Crippen LogP contribution in [0.4, 0.5) is 0 Å². The monoisotopic (exact) mass is 209 g/mol. The summed E-state index contributed by atoms with van der Waals surface area (Å²) in [5, 5.41) is 0.353. The maximum atomic E-state index is 11.6. The summed E-state index contributed by atoms with van der Waals surface area (Å²) in [6, 6.07) is 3.26. The van der Waals surface area contributed by atoms with Gasteiger partial charge in [-0.05, 0) is 25.5 Å². The fourth-order valence-corrected chi connectivity index (χ4v) is 1.22. The van der Waals surface area contributed by atoms with Crippen molar-refractivity contribution in [1.29, 1.82) is 0 Å². The Morgan fingerprint density at radius 2 is 2.29 bits per heavy atom. The van der Waals surface area contributed by atoms with Gasteiger partial charge in [0.15, 0.2) is 5.78 Å². The van der Waals surface area contributed by atoms with Crippen LogP contribution in [0.5, 0.6) is 0 Å². The van der Waals surface area contributed by atoms with Crippen molar-refractivity contribution in [3.63, 3.8) is 0 Å². The van der Waals surface area contributed by atoms with Crippen LogP contribution in [0, 0.1) is 0 Å². The van der Waals surface area contributed by atoms with E-state index in [4.69, 9.17) is 11.6 Å². The molecule has 2 nitrogen and oxygen atoms in total. The van der Waals surface area contributed by atoms with Crippen LogP contribution in [-0.4, -0.2) is 10.8 Å². The molecule has 0 spiro atoms. The molecule has 0 saturated carbocycles. The second-order valence-corrected chi connectivity index (χ2v) is 3.63. The molecular formula is C11H12ClNO. The molecule has 0 unspecified atom stereocenters. The molecule has 1 rings (SSSR count). The Balaban J connectivity index is 2.65. The molecule has 0 atom stereocenters. The molecule has 0 aliphatic carbocycles. The lowest BCUT2D eigenvalue weighted by molar-refractivity contribution is 0.0982. The molecule has 0 aliphatic rings. The Hall–Kier alpha value is -1.15. The highest BCUT2D eigenvalue weighted by Crippen LogP contribution is 2.11. The minimum Gasteiger partial charge on any atom is -0.294 e. The van der Waals surface area contributed by atoms with Crippen molar-refractivity contribution in [3.05, 3.63) is 41.2 Å². The number of allylic oxidation sites excluding steroid dienone is 1. The molecule has 74 valence electrons. The predicted molar refractivity (Wildman–Crippen MR) is 57.6 cm³/mol. The smallest absolute Gasteiger partial charge is 0.163 e. The minimum atomic E-state index is 0.0808. The largest absolute Gasteiger partial charge is 0.294 e. The Morgan fingerprint density at radius 3 is 2.86 bits per heavy atom. The van der Waals surface area contributed by atoms with E-state index in [0.29, 0.717) is 17.1 Å². The van der Waals surface area contributed by atoms with Crippen LogP contribution < -0.4 is 0 Å². The molecule has 0 N–H and O–H groups in total. The molecule has 0 radical (unpaired) electrons. The number of aromatic nitrogens is 1. The van der Waals surface area contributed by atoms with Gasteiger partial charge in [0.1, 0.15) is 5.15 Å². The molecule has 1 aromatic heterocycles. The molecule has 0 aliphatic heterocycles. The van der Waals surface area contributed by atoms with E-state index in [2.05, 4.69) is 11.6 Å². The van der Waals surface area contributed by atoms with Gasteiger partial charge in [0, 0.05) is 18.2 Å². The number of rotatable bonds is 4. The summed E-state index contributed by atoms with van der Waals surface area (Å²) in [5.74, 6) is 0.0808. The molecule has 0 amide bonds. The maximum absolute atomic E-state index is 11.6. The molecule has 0 aromatic carbocycles. The van der Waals surface area contributed by atoms with Gasteiger partial charge in [-0.2, -0.15) is 0 Å². The summed E-state index contributed by atoms with van der Waals surface area (Å²) in [4.78, 5) is 15.4.